The standard InChI is InChI=1S/C25H25N5O2/c1-4-16(15-26-2)23-28-21-11-10-18(17-7-5-8-19(13-17)32-3)14-20(21)24(30-23)29-22-9-6-12-27-25(22)31/h4-5,7-8,10-11,13-15,22H,1-2,6,9,12H2,3H3,(H,27,31)(H,28,29,30)/b16-15+. The highest BCUT2D eigenvalue weighted by Gasteiger charge is 2.23. The number of aliphatic imine (C=N–C) groups is 1. The van der Waals surface area contributed by atoms with E-state index in [-0.39, 0.29) is 11.9 Å². The van der Waals surface area contributed by atoms with Gasteiger partial charge in [-0.15, -0.1) is 0 Å². The van der Waals surface area contributed by atoms with Crippen LogP contribution < -0.4 is 15.4 Å². The molecule has 32 heavy (non-hydrogen) atoms. The van der Waals surface area contributed by atoms with Crippen molar-refractivity contribution in [3.63, 3.8) is 0 Å². The van der Waals surface area contributed by atoms with Gasteiger partial charge in [-0.3, -0.25) is 9.79 Å². The van der Waals surface area contributed by atoms with Gasteiger partial charge in [0.2, 0.25) is 5.91 Å². The second kappa shape index (κ2) is 9.43. The lowest BCUT2D eigenvalue weighted by Gasteiger charge is -2.24. The second-order valence-corrected chi connectivity index (χ2v) is 7.46. The molecule has 162 valence electrons. The number of carbonyl (C=O) groups is 1. The molecule has 0 spiro atoms. The number of hydrogen-bond donors (Lipinski definition) is 2. The van der Waals surface area contributed by atoms with Gasteiger partial charge >= 0.3 is 0 Å². The van der Waals surface area contributed by atoms with E-state index >= 15 is 0 Å². The van der Waals surface area contributed by atoms with E-state index in [1.165, 1.54) is 0 Å². The molecule has 1 saturated heterocycles. The third-order valence-corrected chi connectivity index (χ3v) is 5.40. The Morgan fingerprint density at radius 3 is 2.84 bits per heavy atom. The normalized spacial score (nSPS) is 16.3. The van der Waals surface area contributed by atoms with Crippen LogP contribution >= 0.6 is 0 Å². The summed E-state index contributed by atoms with van der Waals surface area (Å²) >= 11 is 0. The van der Waals surface area contributed by atoms with Gasteiger partial charge in [0, 0.05) is 23.7 Å². The van der Waals surface area contributed by atoms with Crippen LogP contribution in [0.15, 0.2) is 66.3 Å². The lowest BCUT2D eigenvalue weighted by Crippen LogP contribution is -2.44. The fraction of sp³-hybridized carbons (Fsp3) is 0.200. The van der Waals surface area contributed by atoms with Crippen molar-refractivity contribution in [3.8, 4) is 16.9 Å². The summed E-state index contributed by atoms with van der Waals surface area (Å²) in [5.74, 6) is 1.81. The highest BCUT2D eigenvalue weighted by molar-refractivity contribution is 5.96. The number of fused-ring (bicyclic) bond motifs is 1. The minimum atomic E-state index is -0.358. The van der Waals surface area contributed by atoms with E-state index in [0.29, 0.717) is 23.8 Å². The number of ether oxygens (including phenoxy) is 1. The quantitative estimate of drug-likeness (QED) is 0.435. The molecule has 1 fully saturated rings. The van der Waals surface area contributed by atoms with Crippen molar-refractivity contribution < 1.29 is 9.53 Å². The maximum atomic E-state index is 12.4. The summed E-state index contributed by atoms with van der Waals surface area (Å²) in [6.07, 6.45) is 4.85. The van der Waals surface area contributed by atoms with E-state index in [1.807, 2.05) is 42.5 Å². The molecule has 1 aromatic heterocycles. The number of hydrogen-bond acceptors (Lipinski definition) is 6. The summed E-state index contributed by atoms with van der Waals surface area (Å²) in [4.78, 5) is 25.7. The third-order valence-electron chi connectivity index (χ3n) is 5.40. The van der Waals surface area contributed by atoms with Crippen LogP contribution in [0.1, 0.15) is 18.7 Å². The van der Waals surface area contributed by atoms with Crippen molar-refractivity contribution in [2.75, 3.05) is 19.0 Å². The van der Waals surface area contributed by atoms with Gasteiger partial charge in [-0.2, -0.15) is 0 Å². The maximum absolute atomic E-state index is 12.4. The molecule has 1 amide bonds. The van der Waals surface area contributed by atoms with E-state index in [0.717, 1.165) is 40.6 Å². The molecule has 7 nitrogen and oxygen atoms in total. The van der Waals surface area contributed by atoms with Crippen LogP contribution in [0.2, 0.25) is 0 Å². The van der Waals surface area contributed by atoms with Crippen LogP contribution in [-0.2, 0) is 4.79 Å². The smallest absolute Gasteiger partial charge is 0.242 e. The van der Waals surface area contributed by atoms with Gasteiger partial charge < -0.3 is 15.4 Å². The molecule has 3 aromatic rings. The number of carbonyl (C=O) groups excluding carboxylic acids is 1. The molecular formula is C25H25N5O2. The van der Waals surface area contributed by atoms with Gasteiger partial charge in [0.1, 0.15) is 17.6 Å². The Kier molecular flexibility index (Phi) is 6.26. The molecule has 1 unspecified atom stereocenters. The average molecular weight is 428 g/mol. The molecule has 0 bridgehead atoms. The Balaban J connectivity index is 1.85. The molecular weight excluding hydrogens is 402 g/mol. The number of nitrogens with one attached hydrogen (secondary N) is 2. The summed E-state index contributed by atoms with van der Waals surface area (Å²) < 4.78 is 5.37. The van der Waals surface area contributed by atoms with Crippen LogP contribution in [0, 0.1) is 0 Å². The fourth-order valence-electron chi connectivity index (χ4n) is 3.72. The van der Waals surface area contributed by atoms with Crippen LogP contribution in [0.25, 0.3) is 27.6 Å². The number of amides is 1. The molecule has 2 heterocycles. The molecule has 1 aliphatic heterocycles. The SMILES string of the molecule is C=C/C(=C\N=C)c1nc(NC2CCCNC2=O)c2cc(-c3cccc(OC)c3)ccc2n1. The predicted molar refractivity (Wildman–Crippen MR) is 129 cm³/mol. The van der Waals surface area contributed by atoms with E-state index in [9.17, 15) is 4.79 Å². The van der Waals surface area contributed by atoms with E-state index in [2.05, 4.69) is 28.9 Å². The largest absolute Gasteiger partial charge is 0.497 e. The van der Waals surface area contributed by atoms with Gasteiger partial charge in [0.15, 0.2) is 5.82 Å². The Hall–Kier alpha value is -4.00. The zero-order valence-electron chi connectivity index (χ0n) is 18.0. The van der Waals surface area contributed by atoms with Crippen LogP contribution in [0.4, 0.5) is 5.82 Å². The zero-order valence-corrected chi connectivity index (χ0v) is 18.0. The molecule has 4 rings (SSSR count). The summed E-state index contributed by atoms with van der Waals surface area (Å²) in [5.41, 5.74) is 3.41. The molecule has 1 atom stereocenters. The monoisotopic (exact) mass is 427 g/mol. The second-order valence-electron chi connectivity index (χ2n) is 7.46. The lowest BCUT2D eigenvalue weighted by molar-refractivity contribution is -0.123. The first kappa shape index (κ1) is 21.2. The average Bonchev–Trinajstić information content (AvgIpc) is 2.83. The van der Waals surface area contributed by atoms with Gasteiger partial charge in [-0.25, -0.2) is 9.97 Å². The predicted octanol–water partition coefficient (Wildman–Crippen LogP) is 4.22. The molecule has 2 N–H and O–H groups in total. The number of piperidine rings is 1. The highest BCUT2D eigenvalue weighted by Crippen LogP contribution is 2.31. The minimum absolute atomic E-state index is 0.0271. The van der Waals surface area contributed by atoms with Gasteiger partial charge in [-0.05, 0) is 55.0 Å². The number of allylic oxidation sites excluding steroid dienone is 2. The topological polar surface area (TPSA) is 88.5 Å². The minimum Gasteiger partial charge on any atom is -0.497 e. The number of aromatic nitrogens is 2. The van der Waals surface area contributed by atoms with Crippen LogP contribution in [-0.4, -0.2) is 42.3 Å². The van der Waals surface area contributed by atoms with Crippen molar-refractivity contribution >= 4 is 34.9 Å². The third kappa shape index (κ3) is 4.37. The molecule has 1 aliphatic rings. The van der Waals surface area contributed by atoms with Crippen molar-refractivity contribution in [3.05, 3.63) is 67.1 Å². The van der Waals surface area contributed by atoms with Crippen molar-refractivity contribution in [2.45, 2.75) is 18.9 Å². The first-order valence-corrected chi connectivity index (χ1v) is 10.4. The Morgan fingerprint density at radius 2 is 2.09 bits per heavy atom. The highest BCUT2D eigenvalue weighted by atomic mass is 16.5. The molecule has 0 radical (unpaired) electrons. The molecule has 0 aliphatic carbocycles. The molecule has 2 aromatic carbocycles. The fourth-order valence-corrected chi connectivity index (χ4v) is 3.72. The number of nitrogens with zero attached hydrogens (tertiary/aromatic N) is 3. The first-order valence-electron chi connectivity index (χ1n) is 10.4. The zero-order chi connectivity index (χ0) is 22.5. The lowest BCUT2D eigenvalue weighted by atomic mass is 10.0. The van der Waals surface area contributed by atoms with Crippen LogP contribution in [0.3, 0.4) is 0 Å². The summed E-state index contributed by atoms with van der Waals surface area (Å²) in [5, 5.41) is 7.07. The number of anilines is 1. The Labute approximate surface area is 187 Å². The molecule has 7 heteroatoms. The summed E-state index contributed by atoms with van der Waals surface area (Å²) in [6.45, 7) is 8.04. The number of benzene rings is 2. The Morgan fingerprint density at radius 1 is 1.25 bits per heavy atom. The van der Waals surface area contributed by atoms with Crippen molar-refractivity contribution in [1.29, 1.82) is 0 Å². The van der Waals surface area contributed by atoms with Crippen molar-refractivity contribution in [1.82, 2.24) is 15.3 Å². The van der Waals surface area contributed by atoms with Crippen molar-refractivity contribution in [2.24, 2.45) is 4.99 Å². The molecule has 0 saturated carbocycles. The van der Waals surface area contributed by atoms with Gasteiger partial charge in [-0.1, -0.05) is 30.9 Å². The van der Waals surface area contributed by atoms with Gasteiger partial charge in [0.25, 0.3) is 0 Å². The van der Waals surface area contributed by atoms with Crippen LogP contribution in [0.5, 0.6) is 5.75 Å². The van der Waals surface area contributed by atoms with E-state index in [4.69, 9.17) is 14.7 Å². The first-order chi connectivity index (χ1) is 15.6. The number of methoxy groups -OCH3 is 1. The van der Waals surface area contributed by atoms with E-state index in [1.54, 1.807) is 19.4 Å². The number of rotatable bonds is 7. The van der Waals surface area contributed by atoms with E-state index < -0.39 is 0 Å². The maximum Gasteiger partial charge on any atom is 0.242 e. The Bertz CT molecular complexity index is 1220. The summed E-state index contributed by atoms with van der Waals surface area (Å²) in [6, 6.07) is 13.5. The summed E-state index contributed by atoms with van der Waals surface area (Å²) in [7, 11) is 1.65. The van der Waals surface area contributed by atoms with Gasteiger partial charge in [0.05, 0.1) is 12.6 Å².